The monoisotopic (exact) mass is 450 g/mol. The fourth-order valence-corrected chi connectivity index (χ4v) is 5.97. The van der Waals surface area contributed by atoms with Crippen LogP contribution in [0.15, 0.2) is 59.6 Å². The Morgan fingerprint density at radius 3 is 2.31 bits per heavy atom. The lowest BCUT2D eigenvalue weighted by Crippen LogP contribution is -2.35. The molecule has 2 aliphatic rings. The molecule has 7 nitrogen and oxygen atoms in total. The van der Waals surface area contributed by atoms with Gasteiger partial charge >= 0.3 is 0 Å². The molecule has 3 aromatic rings. The van der Waals surface area contributed by atoms with Gasteiger partial charge in [-0.3, -0.25) is 4.79 Å². The molecule has 1 fully saturated rings. The third kappa shape index (κ3) is 3.96. The molecule has 0 atom stereocenters. The van der Waals surface area contributed by atoms with Gasteiger partial charge in [-0.1, -0.05) is 18.6 Å². The van der Waals surface area contributed by atoms with Gasteiger partial charge in [-0.2, -0.15) is 4.31 Å². The van der Waals surface area contributed by atoms with Crippen LogP contribution < -0.4 is 5.32 Å². The molecule has 8 heteroatoms. The SMILES string of the molecule is O=C(Nc1ccc(-c2cnc3n2CCC3)cc1)c1ccc(S(=O)(=O)N2CCCCC2)cc1. The summed E-state index contributed by atoms with van der Waals surface area (Å²) in [5.41, 5.74) is 3.27. The number of nitrogens with zero attached hydrogens (tertiary/aromatic N) is 3. The number of nitrogens with one attached hydrogen (secondary N) is 1. The second-order valence-electron chi connectivity index (χ2n) is 8.34. The van der Waals surface area contributed by atoms with Crippen LogP contribution in [-0.2, 0) is 23.0 Å². The molecule has 0 radical (unpaired) electrons. The van der Waals surface area contributed by atoms with Gasteiger partial charge in [0.25, 0.3) is 5.91 Å². The third-order valence-electron chi connectivity index (χ3n) is 6.23. The fraction of sp³-hybridized carbons (Fsp3) is 0.333. The molecule has 166 valence electrons. The lowest BCUT2D eigenvalue weighted by Gasteiger charge is -2.25. The Labute approximate surface area is 188 Å². The number of amides is 1. The van der Waals surface area contributed by atoms with Crippen LogP contribution in [0.5, 0.6) is 0 Å². The summed E-state index contributed by atoms with van der Waals surface area (Å²) in [4.78, 5) is 17.4. The maximum atomic E-state index is 12.8. The van der Waals surface area contributed by atoms with Gasteiger partial charge < -0.3 is 9.88 Å². The van der Waals surface area contributed by atoms with Crippen molar-refractivity contribution in [2.45, 2.75) is 43.5 Å². The number of rotatable bonds is 5. The van der Waals surface area contributed by atoms with Crippen LogP contribution in [0.3, 0.4) is 0 Å². The van der Waals surface area contributed by atoms with Crippen LogP contribution >= 0.6 is 0 Å². The summed E-state index contributed by atoms with van der Waals surface area (Å²) in [5.74, 6) is 0.855. The summed E-state index contributed by atoms with van der Waals surface area (Å²) in [6, 6.07) is 13.9. The summed E-state index contributed by atoms with van der Waals surface area (Å²) in [6.07, 6.45) is 6.90. The van der Waals surface area contributed by atoms with Crippen molar-refractivity contribution < 1.29 is 13.2 Å². The minimum Gasteiger partial charge on any atom is -0.328 e. The number of sulfonamides is 1. The average Bonchev–Trinajstić information content (AvgIpc) is 3.45. The molecule has 1 N–H and O–H groups in total. The van der Waals surface area contributed by atoms with Crippen LogP contribution in [0.1, 0.15) is 41.9 Å². The summed E-state index contributed by atoms with van der Waals surface area (Å²) >= 11 is 0. The maximum absolute atomic E-state index is 12.8. The Bertz CT molecular complexity index is 1230. The van der Waals surface area contributed by atoms with Crippen LogP contribution in [0.4, 0.5) is 5.69 Å². The van der Waals surface area contributed by atoms with Crippen molar-refractivity contribution in [2.75, 3.05) is 18.4 Å². The fourth-order valence-electron chi connectivity index (χ4n) is 4.45. The quantitative estimate of drug-likeness (QED) is 0.639. The van der Waals surface area contributed by atoms with Crippen molar-refractivity contribution in [3.8, 4) is 11.3 Å². The standard InChI is InChI=1S/C24H26N4O3S/c29-24(19-8-12-21(13-9-19)32(30,31)27-14-2-1-3-15-27)26-20-10-6-18(7-11-20)22-17-25-23-5-4-16-28(22)23/h6-13,17H,1-5,14-16H2,(H,26,29). The predicted octanol–water partition coefficient (Wildman–Crippen LogP) is 3.92. The molecular formula is C24H26N4O3S. The highest BCUT2D eigenvalue weighted by atomic mass is 32.2. The number of fused-ring (bicyclic) bond motifs is 1. The molecule has 32 heavy (non-hydrogen) atoms. The highest BCUT2D eigenvalue weighted by Gasteiger charge is 2.26. The van der Waals surface area contributed by atoms with Gasteiger partial charge in [0.1, 0.15) is 5.82 Å². The summed E-state index contributed by atoms with van der Waals surface area (Å²) < 4.78 is 29.3. The highest BCUT2D eigenvalue weighted by molar-refractivity contribution is 7.89. The normalized spacial score (nSPS) is 16.6. The van der Waals surface area contributed by atoms with E-state index in [2.05, 4.69) is 14.9 Å². The Hall–Kier alpha value is -2.97. The Morgan fingerprint density at radius 2 is 1.59 bits per heavy atom. The smallest absolute Gasteiger partial charge is 0.255 e. The van der Waals surface area contributed by atoms with E-state index >= 15 is 0 Å². The van der Waals surface area contributed by atoms with Crippen LogP contribution in [0.25, 0.3) is 11.3 Å². The second kappa shape index (κ2) is 8.52. The molecule has 3 heterocycles. The van der Waals surface area contributed by atoms with Crippen LogP contribution in [0, 0.1) is 0 Å². The van der Waals surface area contributed by atoms with E-state index < -0.39 is 10.0 Å². The van der Waals surface area contributed by atoms with Crippen molar-refractivity contribution in [1.82, 2.24) is 13.9 Å². The number of piperidine rings is 1. The molecule has 0 spiro atoms. The van der Waals surface area contributed by atoms with Gasteiger partial charge in [-0.25, -0.2) is 13.4 Å². The largest absolute Gasteiger partial charge is 0.328 e. The molecule has 0 unspecified atom stereocenters. The van der Waals surface area contributed by atoms with Crippen molar-refractivity contribution >= 4 is 21.6 Å². The van der Waals surface area contributed by atoms with E-state index in [-0.39, 0.29) is 10.8 Å². The molecule has 1 saturated heterocycles. The van der Waals surface area contributed by atoms with Gasteiger partial charge in [0.15, 0.2) is 0 Å². The molecule has 1 amide bonds. The molecule has 2 aromatic carbocycles. The zero-order chi connectivity index (χ0) is 22.1. The molecule has 0 aliphatic carbocycles. The zero-order valence-corrected chi connectivity index (χ0v) is 18.6. The first-order chi connectivity index (χ1) is 15.5. The lowest BCUT2D eigenvalue weighted by molar-refractivity contribution is 0.102. The number of anilines is 1. The minimum absolute atomic E-state index is 0.230. The van der Waals surface area contributed by atoms with Gasteiger partial charge in [0.2, 0.25) is 10.0 Å². The van der Waals surface area contributed by atoms with Gasteiger partial charge in [-0.15, -0.1) is 0 Å². The van der Waals surface area contributed by atoms with Crippen molar-refractivity contribution in [3.63, 3.8) is 0 Å². The number of hydrogen-bond acceptors (Lipinski definition) is 4. The van der Waals surface area contributed by atoms with E-state index in [1.54, 1.807) is 12.1 Å². The van der Waals surface area contributed by atoms with Gasteiger partial charge in [-0.05, 0) is 61.2 Å². The molecule has 5 rings (SSSR count). The first-order valence-electron chi connectivity index (χ1n) is 11.1. The Kier molecular flexibility index (Phi) is 5.57. The second-order valence-corrected chi connectivity index (χ2v) is 10.3. The topological polar surface area (TPSA) is 84.3 Å². The number of benzene rings is 2. The van der Waals surface area contributed by atoms with Crippen molar-refractivity contribution in [3.05, 3.63) is 66.1 Å². The maximum Gasteiger partial charge on any atom is 0.255 e. The van der Waals surface area contributed by atoms with E-state index in [1.165, 1.54) is 16.4 Å². The Morgan fingerprint density at radius 1 is 0.875 bits per heavy atom. The minimum atomic E-state index is -3.50. The number of aryl methyl sites for hydroxylation is 1. The lowest BCUT2D eigenvalue weighted by atomic mass is 10.1. The van der Waals surface area contributed by atoms with Crippen LogP contribution in [0.2, 0.25) is 0 Å². The number of aromatic nitrogens is 2. The molecular weight excluding hydrogens is 424 g/mol. The van der Waals surface area contributed by atoms with Crippen molar-refractivity contribution in [2.24, 2.45) is 0 Å². The highest BCUT2D eigenvalue weighted by Crippen LogP contribution is 2.27. The average molecular weight is 451 g/mol. The predicted molar refractivity (Wildman–Crippen MR) is 123 cm³/mol. The third-order valence-corrected chi connectivity index (χ3v) is 8.14. The first-order valence-corrected chi connectivity index (χ1v) is 12.5. The van der Waals surface area contributed by atoms with E-state index in [4.69, 9.17) is 0 Å². The number of imidazole rings is 1. The molecule has 0 saturated carbocycles. The summed E-state index contributed by atoms with van der Waals surface area (Å²) in [6.45, 7) is 2.11. The number of hydrogen-bond donors (Lipinski definition) is 1. The van der Waals surface area contributed by atoms with E-state index in [0.717, 1.165) is 55.7 Å². The van der Waals surface area contributed by atoms with E-state index in [0.29, 0.717) is 24.3 Å². The molecule has 0 bridgehead atoms. The van der Waals surface area contributed by atoms with Crippen molar-refractivity contribution in [1.29, 1.82) is 0 Å². The van der Waals surface area contributed by atoms with E-state index in [1.807, 2.05) is 30.5 Å². The molecule has 2 aliphatic heterocycles. The summed E-state index contributed by atoms with van der Waals surface area (Å²) in [7, 11) is -3.50. The van der Waals surface area contributed by atoms with Gasteiger partial charge in [0.05, 0.1) is 16.8 Å². The van der Waals surface area contributed by atoms with E-state index in [9.17, 15) is 13.2 Å². The number of carbonyl (C=O) groups is 1. The first kappa shape index (κ1) is 20.9. The number of carbonyl (C=O) groups excluding carboxylic acids is 1. The summed E-state index contributed by atoms with van der Waals surface area (Å²) in [5, 5.41) is 2.88. The van der Waals surface area contributed by atoms with Gasteiger partial charge in [0, 0.05) is 37.3 Å². The molecule has 1 aromatic heterocycles. The zero-order valence-electron chi connectivity index (χ0n) is 17.8. The Balaban J connectivity index is 1.27. The van der Waals surface area contributed by atoms with Crippen LogP contribution in [-0.4, -0.2) is 41.3 Å².